The molecular formula is C12H19ClN2. The van der Waals surface area contributed by atoms with E-state index in [0.717, 1.165) is 23.6 Å². The van der Waals surface area contributed by atoms with Gasteiger partial charge in [0.15, 0.2) is 0 Å². The maximum atomic E-state index is 6.07. The van der Waals surface area contributed by atoms with Gasteiger partial charge >= 0.3 is 0 Å². The second-order valence-electron chi connectivity index (χ2n) is 4.25. The first kappa shape index (κ1) is 12.5. The van der Waals surface area contributed by atoms with Crippen LogP contribution in [0.5, 0.6) is 0 Å². The Morgan fingerprint density at radius 3 is 2.73 bits per heavy atom. The minimum atomic E-state index is 0.456. The second-order valence-corrected chi connectivity index (χ2v) is 4.66. The molecule has 0 fully saturated rings. The van der Waals surface area contributed by atoms with E-state index in [1.54, 1.807) is 6.20 Å². The third-order valence-electron chi connectivity index (χ3n) is 2.44. The van der Waals surface area contributed by atoms with E-state index < -0.39 is 0 Å². The van der Waals surface area contributed by atoms with Gasteiger partial charge in [0.05, 0.1) is 10.7 Å². The number of aromatic nitrogens is 1. The van der Waals surface area contributed by atoms with Gasteiger partial charge in [-0.3, -0.25) is 4.98 Å². The average molecular weight is 227 g/mol. The van der Waals surface area contributed by atoms with Gasteiger partial charge in [-0.15, -0.1) is 0 Å². The van der Waals surface area contributed by atoms with Gasteiger partial charge in [0.25, 0.3) is 0 Å². The number of halogens is 1. The number of nitrogens with one attached hydrogen (secondary N) is 1. The number of hydrogen-bond donors (Lipinski definition) is 1. The van der Waals surface area contributed by atoms with E-state index in [1.165, 1.54) is 0 Å². The summed E-state index contributed by atoms with van der Waals surface area (Å²) < 4.78 is 0. The summed E-state index contributed by atoms with van der Waals surface area (Å²) >= 11 is 6.07. The summed E-state index contributed by atoms with van der Waals surface area (Å²) in [7, 11) is 1.99. The van der Waals surface area contributed by atoms with E-state index in [1.807, 2.05) is 19.2 Å². The third kappa shape index (κ3) is 4.18. The monoisotopic (exact) mass is 226 g/mol. The SMILES string of the molecule is CNC(Cc1ncccc1Cl)CC(C)C. The van der Waals surface area contributed by atoms with Crippen LogP contribution in [0.15, 0.2) is 18.3 Å². The number of rotatable bonds is 5. The molecule has 0 saturated heterocycles. The van der Waals surface area contributed by atoms with Crippen molar-refractivity contribution >= 4 is 11.6 Å². The van der Waals surface area contributed by atoms with Crippen LogP contribution in [0.2, 0.25) is 5.02 Å². The van der Waals surface area contributed by atoms with Gasteiger partial charge in [0.2, 0.25) is 0 Å². The molecule has 2 nitrogen and oxygen atoms in total. The van der Waals surface area contributed by atoms with Crippen LogP contribution in [0.4, 0.5) is 0 Å². The Morgan fingerprint density at radius 2 is 2.20 bits per heavy atom. The van der Waals surface area contributed by atoms with E-state index in [9.17, 15) is 0 Å². The summed E-state index contributed by atoms with van der Waals surface area (Å²) in [5.41, 5.74) is 0.985. The number of nitrogens with zero attached hydrogens (tertiary/aromatic N) is 1. The summed E-state index contributed by atoms with van der Waals surface area (Å²) in [6.45, 7) is 4.45. The van der Waals surface area contributed by atoms with E-state index in [0.29, 0.717) is 12.0 Å². The van der Waals surface area contributed by atoms with Crippen LogP contribution in [0.3, 0.4) is 0 Å². The molecular weight excluding hydrogens is 208 g/mol. The van der Waals surface area contributed by atoms with Crippen molar-refractivity contribution in [2.75, 3.05) is 7.05 Å². The van der Waals surface area contributed by atoms with Gasteiger partial charge in [-0.25, -0.2) is 0 Å². The lowest BCUT2D eigenvalue weighted by Crippen LogP contribution is -2.29. The molecule has 1 N–H and O–H groups in total. The second kappa shape index (κ2) is 6.09. The van der Waals surface area contributed by atoms with Crippen molar-refractivity contribution in [2.45, 2.75) is 32.7 Å². The first-order valence-corrected chi connectivity index (χ1v) is 5.78. The van der Waals surface area contributed by atoms with Gasteiger partial charge in [-0.1, -0.05) is 25.4 Å². The molecule has 0 saturated carbocycles. The predicted octanol–water partition coefficient (Wildman–Crippen LogP) is 2.91. The molecule has 1 aromatic heterocycles. The minimum Gasteiger partial charge on any atom is -0.317 e. The molecule has 1 rings (SSSR count). The molecule has 0 amide bonds. The largest absolute Gasteiger partial charge is 0.317 e. The predicted molar refractivity (Wildman–Crippen MR) is 65.3 cm³/mol. The zero-order valence-corrected chi connectivity index (χ0v) is 10.4. The fourth-order valence-electron chi connectivity index (χ4n) is 1.67. The van der Waals surface area contributed by atoms with E-state index in [2.05, 4.69) is 24.1 Å². The lowest BCUT2D eigenvalue weighted by Gasteiger charge is -2.18. The van der Waals surface area contributed by atoms with Crippen molar-refractivity contribution in [3.05, 3.63) is 29.0 Å². The maximum absolute atomic E-state index is 6.07. The quantitative estimate of drug-likeness (QED) is 0.835. The number of pyridine rings is 1. The summed E-state index contributed by atoms with van der Waals surface area (Å²) in [6.07, 6.45) is 3.83. The van der Waals surface area contributed by atoms with Crippen molar-refractivity contribution < 1.29 is 0 Å². The van der Waals surface area contributed by atoms with E-state index in [4.69, 9.17) is 11.6 Å². The zero-order valence-electron chi connectivity index (χ0n) is 9.63. The van der Waals surface area contributed by atoms with Crippen LogP contribution in [0, 0.1) is 5.92 Å². The summed E-state index contributed by atoms with van der Waals surface area (Å²) in [4.78, 5) is 4.30. The fourth-order valence-corrected chi connectivity index (χ4v) is 1.87. The molecule has 0 bridgehead atoms. The maximum Gasteiger partial charge on any atom is 0.0622 e. The molecule has 3 heteroatoms. The van der Waals surface area contributed by atoms with Gasteiger partial charge in [0, 0.05) is 18.7 Å². The molecule has 1 aromatic rings. The lowest BCUT2D eigenvalue weighted by atomic mass is 10.00. The Kier molecular flexibility index (Phi) is 5.06. The molecule has 1 unspecified atom stereocenters. The van der Waals surface area contributed by atoms with Gasteiger partial charge in [-0.05, 0) is 31.5 Å². The molecule has 0 aliphatic heterocycles. The minimum absolute atomic E-state index is 0.456. The first-order valence-electron chi connectivity index (χ1n) is 5.40. The Balaban J connectivity index is 2.62. The molecule has 1 heterocycles. The van der Waals surface area contributed by atoms with E-state index >= 15 is 0 Å². The zero-order chi connectivity index (χ0) is 11.3. The molecule has 0 aliphatic rings. The van der Waals surface area contributed by atoms with Gasteiger partial charge in [-0.2, -0.15) is 0 Å². The van der Waals surface area contributed by atoms with E-state index in [-0.39, 0.29) is 0 Å². The Bertz CT molecular complexity index is 299. The van der Waals surface area contributed by atoms with Crippen LogP contribution in [-0.4, -0.2) is 18.1 Å². The molecule has 0 radical (unpaired) electrons. The van der Waals surface area contributed by atoms with Crippen molar-refractivity contribution in [1.82, 2.24) is 10.3 Å². The normalized spacial score (nSPS) is 13.1. The highest BCUT2D eigenvalue weighted by molar-refractivity contribution is 6.31. The van der Waals surface area contributed by atoms with Crippen molar-refractivity contribution in [3.63, 3.8) is 0 Å². The van der Waals surface area contributed by atoms with Crippen LogP contribution < -0.4 is 5.32 Å². The molecule has 84 valence electrons. The molecule has 0 aromatic carbocycles. The fraction of sp³-hybridized carbons (Fsp3) is 0.583. The van der Waals surface area contributed by atoms with Crippen LogP contribution >= 0.6 is 11.6 Å². The van der Waals surface area contributed by atoms with Crippen LogP contribution in [-0.2, 0) is 6.42 Å². The molecule has 0 aliphatic carbocycles. The van der Waals surface area contributed by atoms with Gasteiger partial charge in [0.1, 0.15) is 0 Å². The standard InChI is InChI=1S/C12H19ClN2/c1-9(2)7-10(14-3)8-12-11(13)5-4-6-15-12/h4-6,9-10,14H,7-8H2,1-3H3. The topological polar surface area (TPSA) is 24.9 Å². The van der Waals surface area contributed by atoms with Crippen LogP contribution in [0.1, 0.15) is 26.0 Å². The smallest absolute Gasteiger partial charge is 0.0622 e. The van der Waals surface area contributed by atoms with Crippen LogP contribution in [0.25, 0.3) is 0 Å². The van der Waals surface area contributed by atoms with Gasteiger partial charge < -0.3 is 5.32 Å². The van der Waals surface area contributed by atoms with Crippen molar-refractivity contribution in [3.8, 4) is 0 Å². The highest BCUT2D eigenvalue weighted by Gasteiger charge is 2.11. The Hall–Kier alpha value is -0.600. The molecule has 1 atom stereocenters. The Labute approximate surface area is 97.1 Å². The first-order chi connectivity index (χ1) is 7.13. The summed E-state index contributed by atoms with van der Waals surface area (Å²) in [5.74, 6) is 0.685. The highest BCUT2D eigenvalue weighted by Crippen LogP contribution is 2.16. The van der Waals surface area contributed by atoms with Crippen molar-refractivity contribution in [2.24, 2.45) is 5.92 Å². The highest BCUT2D eigenvalue weighted by atomic mass is 35.5. The molecule has 15 heavy (non-hydrogen) atoms. The van der Waals surface area contributed by atoms with Crippen molar-refractivity contribution in [1.29, 1.82) is 0 Å². The average Bonchev–Trinajstić information content (AvgIpc) is 2.19. The summed E-state index contributed by atoms with van der Waals surface area (Å²) in [6, 6.07) is 4.21. The lowest BCUT2D eigenvalue weighted by molar-refractivity contribution is 0.438. The summed E-state index contributed by atoms with van der Waals surface area (Å²) in [5, 5.41) is 4.08. The Morgan fingerprint density at radius 1 is 1.47 bits per heavy atom. The number of hydrogen-bond acceptors (Lipinski definition) is 2. The number of likely N-dealkylation sites (N-methyl/N-ethyl adjacent to an activating group) is 1. The molecule has 0 spiro atoms. The third-order valence-corrected chi connectivity index (χ3v) is 2.78.